The standard InChI is InChI=1S/C18H30N6O2/c1-23-12-16(25)24(14-5-3-7-19-9-6-14)11-15-17(20-8-4-10-26-2)21-13-22-18(15)23/h13-14,19H,3-12H2,1-2H3,(H,20,21,22). The van der Waals surface area contributed by atoms with E-state index in [0.29, 0.717) is 19.7 Å². The molecule has 8 heteroatoms. The second kappa shape index (κ2) is 9.14. The number of fused-ring (bicyclic) bond motifs is 1. The molecule has 8 nitrogen and oxygen atoms in total. The molecule has 2 N–H and O–H groups in total. The number of likely N-dealkylation sites (N-methyl/N-ethyl adjacent to an activating group) is 1. The smallest absolute Gasteiger partial charge is 0.242 e. The fraction of sp³-hybridized carbons (Fsp3) is 0.722. The van der Waals surface area contributed by atoms with Gasteiger partial charge in [-0.3, -0.25) is 4.79 Å². The molecule has 0 bridgehead atoms. The Kier molecular flexibility index (Phi) is 6.62. The number of carbonyl (C=O) groups excluding carboxylic acids is 1. The van der Waals surface area contributed by atoms with Gasteiger partial charge in [-0.25, -0.2) is 9.97 Å². The third-order valence-electron chi connectivity index (χ3n) is 5.11. The number of aromatic nitrogens is 2. The topological polar surface area (TPSA) is 82.6 Å². The predicted octanol–water partition coefficient (Wildman–Crippen LogP) is 0.846. The molecular weight excluding hydrogens is 332 g/mol. The molecule has 1 aromatic rings. The SMILES string of the molecule is COCCCNc1ncnc2c1CN(C1CCCNCC1)C(=O)CN2C. The van der Waals surface area contributed by atoms with Crippen LogP contribution in [0.1, 0.15) is 31.2 Å². The van der Waals surface area contributed by atoms with Crippen LogP contribution in [-0.2, 0) is 16.1 Å². The molecule has 144 valence electrons. The van der Waals surface area contributed by atoms with Crippen molar-refractivity contribution >= 4 is 17.5 Å². The van der Waals surface area contributed by atoms with Crippen molar-refractivity contribution in [3.63, 3.8) is 0 Å². The monoisotopic (exact) mass is 362 g/mol. The van der Waals surface area contributed by atoms with Gasteiger partial charge in [0.05, 0.1) is 18.7 Å². The molecule has 3 rings (SSSR count). The fourth-order valence-corrected chi connectivity index (χ4v) is 3.73. The van der Waals surface area contributed by atoms with E-state index in [-0.39, 0.29) is 11.9 Å². The third-order valence-corrected chi connectivity index (χ3v) is 5.11. The largest absolute Gasteiger partial charge is 0.385 e. The lowest BCUT2D eigenvalue weighted by Crippen LogP contribution is -2.43. The Bertz CT molecular complexity index is 603. The molecule has 0 aromatic carbocycles. The second-order valence-electron chi connectivity index (χ2n) is 7.01. The Hall–Kier alpha value is -1.93. The number of carbonyl (C=O) groups is 1. The molecule has 2 aliphatic heterocycles. The van der Waals surface area contributed by atoms with E-state index in [1.807, 2.05) is 16.8 Å². The highest BCUT2D eigenvalue weighted by Gasteiger charge is 2.31. The summed E-state index contributed by atoms with van der Waals surface area (Å²) in [6.07, 6.45) is 5.62. The summed E-state index contributed by atoms with van der Waals surface area (Å²) in [6, 6.07) is 0.276. The molecule has 2 aliphatic rings. The van der Waals surface area contributed by atoms with Crippen LogP contribution in [0.25, 0.3) is 0 Å². The maximum atomic E-state index is 12.9. The highest BCUT2D eigenvalue weighted by atomic mass is 16.5. The van der Waals surface area contributed by atoms with Gasteiger partial charge in [-0.1, -0.05) is 0 Å². The molecule has 1 aromatic heterocycles. The van der Waals surface area contributed by atoms with Crippen molar-refractivity contribution in [2.75, 3.05) is 57.2 Å². The summed E-state index contributed by atoms with van der Waals surface area (Å²) in [4.78, 5) is 25.8. The summed E-state index contributed by atoms with van der Waals surface area (Å²) < 4.78 is 5.11. The zero-order chi connectivity index (χ0) is 18.4. The Balaban J connectivity index is 1.82. The number of amides is 1. The zero-order valence-corrected chi connectivity index (χ0v) is 15.8. The van der Waals surface area contributed by atoms with Crippen molar-refractivity contribution in [2.24, 2.45) is 0 Å². The van der Waals surface area contributed by atoms with Crippen LogP contribution in [0, 0.1) is 0 Å². The number of nitrogens with one attached hydrogen (secondary N) is 2. The lowest BCUT2D eigenvalue weighted by molar-refractivity contribution is -0.132. The van der Waals surface area contributed by atoms with Crippen LogP contribution >= 0.6 is 0 Å². The van der Waals surface area contributed by atoms with Crippen molar-refractivity contribution in [3.05, 3.63) is 11.9 Å². The van der Waals surface area contributed by atoms with E-state index >= 15 is 0 Å². The van der Waals surface area contributed by atoms with Crippen LogP contribution in [0.4, 0.5) is 11.6 Å². The van der Waals surface area contributed by atoms with Crippen LogP contribution in [0.5, 0.6) is 0 Å². The van der Waals surface area contributed by atoms with Crippen LogP contribution < -0.4 is 15.5 Å². The first-order valence-corrected chi connectivity index (χ1v) is 9.48. The molecule has 1 unspecified atom stereocenters. The number of ether oxygens (including phenoxy) is 1. The van der Waals surface area contributed by atoms with Gasteiger partial charge in [-0.2, -0.15) is 0 Å². The summed E-state index contributed by atoms with van der Waals surface area (Å²) >= 11 is 0. The number of nitrogens with zero attached hydrogens (tertiary/aromatic N) is 4. The van der Waals surface area contributed by atoms with Crippen molar-refractivity contribution in [3.8, 4) is 0 Å². The summed E-state index contributed by atoms with van der Waals surface area (Å²) in [5.74, 6) is 1.84. The van der Waals surface area contributed by atoms with Crippen molar-refractivity contribution in [2.45, 2.75) is 38.3 Å². The van der Waals surface area contributed by atoms with E-state index in [1.165, 1.54) is 0 Å². The average molecular weight is 362 g/mol. The molecule has 1 saturated heterocycles. The first-order valence-electron chi connectivity index (χ1n) is 9.48. The Morgan fingerprint density at radius 1 is 1.31 bits per heavy atom. The van der Waals surface area contributed by atoms with Gasteiger partial charge in [0.15, 0.2) is 0 Å². The molecule has 1 amide bonds. The molecule has 0 saturated carbocycles. The molecule has 3 heterocycles. The Morgan fingerprint density at radius 2 is 2.19 bits per heavy atom. The number of hydrogen-bond acceptors (Lipinski definition) is 7. The van der Waals surface area contributed by atoms with Gasteiger partial charge >= 0.3 is 0 Å². The van der Waals surface area contributed by atoms with Crippen molar-refractivity contribution < 1.29 is 9.53 Å². The van der Waals surface area contributed by atoms with Crippen LogP contribution in [-0.4, -0.2) is 73.8 Å². The fourth-order valence-electron chi connectivity index (χ4n) is 3.73. The van der Waals surface area contributed by atoms with E-state index in [4.69, 9.17) is 4.74 Å². The van der Waals surface area contributed by atoms with Gasteiger partial charge < -0.3 is 25.2 Å². The average Bonchev–Trinajstić information content (AvgIpc) is 2.98. The lowest BCUT2D eigenvalue weighted by atomic mass is 10.1. The number of anilines is 2. The van der Waals surface area contributed by atoms with Gasteiger partial charge in [-0.05, 0) is 38.8 Å². The first-order chi connectivity index (χ1) is 12.7. The molecule has 26 heavy (non-hydrogen) atoms. The maximum absolute atomic E-state index is 12.9. The maximum Gasteiger partial charge on any atom is 0.242 e. The van der Waals surface area contributed by atoms with Gasteiger partial charge in [0.2, 0.25) is 5.91 Å². The highest BCUT2D eigenvalue weighted by molar-refractivity contribution is 5.83. The van der Waals surface area contributed by atoms with Crippen molar-refractivity contribution in [1.29, 1.82) is 0 Å². The van der Waals surface area contributed by atoms with Crippen LogP contribution in [0.15, 0.2) is 6.33 Å². The third kappa shape index (κ3) is 4.42. The minimum Gasteiger partial charge on any atom is -0.385 e. The molecule has 0 spiro atoms. The summed E-state index contributed by atoms with van der Waals surface area (Å²) in [6.45, 7) is 4.41. The van der Waals surface area contributed by atoms with Crippen LogP contribution in [0.2, 0.25) is 0 Å². The Labute approximate surface area is 155 Å². The normalized spacial score (nSPS) is 21.2. The van der Waals surface area contributed by atoms with Crippen LogP contribution in [0.3, 0.4) is 0 Å². The van der Waals surface area contributed by atoms with Gasteiger partial charge in [-0.15, -0.1) is 0 Å². The minimum atomic E-state index is 0.169. The van der Waals surface area contributed by atoms with Gasteiger partial charge in [0.1, 0.15) is 18.0 Å². The number of hydrogen-bond donors (Lipinski definition) is 2. The molecular formula is C18H30N6O2. The quantitative estimate of drug-likeness (QED) is 0.726. The molecule has 0 radical (unpaired) electrons. The molecule has 1 fully saturated rings. The van der Waals surface area contributed by atoms with Gasteiger partial charge in [0.25, 0.3) is 0 Å². The first kappa shape index (κ1) is 18.8. The lowest BCUT2D eigenvalue weighted by Gasteiger charge is -2.30. The van der Waals surface area contributed by atoms with E-state index in [2.05, 4.69) is 20.6 Å². The minimum absolute atomic E-state index is 0.169. The molecule has 1 atom stereocenters. The van der Waals surface area contributed by atoms with E-state index in [9.17, 15) is 4.79 Å². The van der Waals surface area contributed by atoms with Crippen molar-refractivity contribution in [1.82, 2.24) is 20.2 Å². The van der Waals surface area contributed by atoms with E-state index in [0.717, 1.165) is 62.5 Å². The van der Waals surface area contributed by atoms with E-state index < -0.39 is 0 Å². The zero-order valence-electron chi connectivity index (χ0n) is 15.8. The Morgan fingerprint density at radius 3 is 3.04 bits per heavy atom. The summed E-state index contributed by atoms with van der Waals surface area (Å²) in [5, 5.41) is 6.83. The summed E-state index contributed by atoms with van der Waals surface area (Å²) in [5.41, 5.74) is 1.01. The molecule has 0 aliphatic carbocycles. The summed E-state index contributed by atoms with van der Waals surface area (Å²) in [7, 11) is 3.63. The van der Waals surface area contributed by atoms with E-state index in [1.54, 1.807) is 13.4 Å². The number of methoxy groups -OCH3 is 1. The highest BCUT2D eigenvalue weighted by Crippen LogP contribution is 2.29. The number of rotatable bonds is 6. The second-order valence-corrected chi connectivity index (χ2v) is 7.01. The predicted molar refractivity (Wildman–Crippen MR) is 101 cm³/mol. The van der Waals surface area contributed by atoms with Gasteiger partial charge in [0, 0.05) is 33.4 Å².